The number of hydrogen-bond donors (Lipinski definition) is 0. The first-order valence-corrected chi connectivity index (χ1v) is 11.5. The molecular weight excluding hydrogens is 416 g/mol. The molecule has 3 rings (SSSR count). The first kappa shape index (κ1) is 22.5. The van der Waals surface area contributed by atoms with Gasteiger partial charge in [-0.25, -0.2) is 4.98 Å². The van der Waals surface area contributed by atoms with Gasteiger partial charge in [-0.1, -0.05) is 29.0 Å². The Morgan fingerprint density at radius 3 is 2.33 bits per heavy atom. The monoisotopic (exact) mass is 444 g/mol. The fraction of sp³-hybridized carbons (Fsp3) is 0.391. The zero-order valence-corrected chi connectivity index (χ0v) is 19.6. The zero-order chi connectivity index (χ0) is 21.7. The lowest BCUT2D eigenvalue weighted by Crippen LogP contribution is -2.33. The number of carbonyl (C=O) groups excluding carboxylic acids is 1. The third kappa shape index (κ3) is 5.12. The largest absolute Gasteiger partial charge is 0.372 e. The summed E-state index contributed by atoms with van der Waals surface area (Å²) in [6, 6.07) is 13.6. The molecule has 0 bridgehead atoms. The first-order valence-electron chi connectivity index (χ1n) is 10.3. The summed E-state index contributed by atoms with van der Waals surface area (Å²) in [5.41, 5.74) is 2.55. The lowest BCUT2D eigenvalue weighted by molar-refractivity contribution is 0.0986. The standard InChI is InChI=1S/C23H29ClN4OS/c1-5-27(6-2)18-13-11-17(12-14-18)22(29)28(16-8-15-26(3)4)23-25-21-19(24)9-7-10-20(21)30-23/h7,9-14H,5-6,8,15-16H2,1-4H3. The predicted octanol–water partition coefficient (Wildman–Crippen LogP) is 5.39. The number of rotatable bonds is 9. The maximum absolute atomic E-state index is 13.4. The van der Waals surface area contributed by atoms with Crippen molar-refractivity contribution >= 4 is 49.9 Å². The molecular formula is C23H29ClN4OS. The zero-order valence-electron chi connectivity index (χ0n) is 18.1. The number of amides is 1. The van der Waals surface area contributed by atoms with Gasteiger partial charge >= 0.3 is 0 Å². The maximum Gasteiger partial charge on any atom is 0.260 e. The number of benzene rings is 2. The Morgan fingerprint density at radius 2 is 1.73 bits per heavy atom. The van der Waals surface area contributed by atoms with E-state index in [1.807, 2.05) is 56.6 Å². The molecule has 0 unspecified atom stereocenters. The molecule has 1 amide bonds. The van der Waals surface area contributed by atoms with Gasteiger partial charge in [0.2, 0.25) is 0 Å². The highest BCUT2D eigenvalue weighted by Crippen LogP contribution is 2.33. The second-order valence-corrected chi connectivity index (χ2v) is 8.83. The Balaban J connectivity index is 1.90. The summed E-state index contributed by atoms with van der Waals surface area (Å²) in [5, 5.41) is 1.30. The number of para-hydroxylation sites is 1. The minimum absolute atomic E-state index is 0.0324. The van der Waals surface area contributed by atoms with Gasteiger partial charge in [-0.05, 0) is 77.3 Å². The third-order valence-electron chi connectivity index (χ3n) is 5.06. The minimum atomic E-state index is -0.0324. The molecule has 0 fully saturated rings. The topological polar surface area (TPSA) is 39.7 Å². The highest BCUT2D eigenvalue weighted by molar-refractivity contribution is 7.22. The number of halogens is 1. The highest BCUT2D eigenvalue weighted by atomic mass is 35.5. The number of nitrogens with zero attached hydrogens (tertiary/aromatic N) is 4. The van der Waals surface area contributed by atoms with E-state index in [0.717, 1.165) is 42.0 Å². The van der Waals surface area contributed by atoms with Crippen molar-refractivity contribution in [2.45, 2.75) is 20.3 Å². The van der Waals surface area contributed by atoms with E-state index >= 15 is 0 Å². The molecule has 0 aliphatic rings. The molecule has 0 aliphatic heterocycles. The maximum atomic E-state index is 13.4. The fourth-order valence-electron chi connectivity index (χ4n) is 3.41. The molecule has 30 heavy (non-hydrogen) atoms. The minimum Gasteiger partial charge on any atom is -0.372 e. The van der Waals surface area contributed by atoms with E-state index in [2.05, 4.69) is 23.6 Å². The number of anilines is 2. The summed E-state index contributed by atoms with van der Waals surface area (Å²) in [6.45, 7) is 7.64. The molecule has 7 heteroatoms. The summed E-state index contributed by atoms with van der Waals surface area (Å²) in [4.78, 5) is 24.3. The molecule has 5 nitrogen and oxygen atoms in total. The van der Waals surface area contributed by atoms with E-state index < -0.39 is 0 Å². The van der Waals surface area contributed by atoms with Crippen LogP contribution in [0.15, 0.2) is 42.5 Å². The molecule has 2 aromatic carbocycles. The number of hydrogen-bond acceptors (Lipinski definition) is 5. The van der Waals surface area contributed by atoms with E-state index in [0.29, 0.717) is 22.3 Å². The van der Waals surface area contributed by atoms with Crippen LogP contribution in [0.2, 0.25) is 5.02 Å². The number of aromatic nitrogens is 1. The number of carbonyl (C=O) groups is 1. The van der Waals surface area contributed by atoms with Crippen LogP contribution in [0.1, 0.15) is 30.6 Å². The predicted molar refractivity (Wildman–Crippen MR) is 129 cm³/mol. The molecule has 0 saturated heterocycles. The van der Waals surface area contributed by atoms with E-state index in [-0.39, 0.29) is 5.91 Å². The van der Waals surface area contributed by atoms with Gasteiger partial charge in [0.05, 0.1) is 9.72 Å². The lowest BCUT2D eigenvalue weighted by Gasteiger charge is -2.23. The van der Waals surface area contributed by atoms with Crippen LogP contribution in [0.25, 0.3) is 10.2 Å². The SMILES string of the molecule is CCN(CC)c1ccc(C(=O)N(CCCN(C)C)c2nc3c(Cl)cccc3s2)cc1. The van der Waals surface area contributed by atoms with E-state index in [1.54, 1.807) is 4.90 Å². The van der Waals surface area contributed by atoms with Gasteiger partial charge in [-0.2, -0.15) is 0 Å². The Bertz CT molecular complexity index is 983. The summed E-state index contributed by atoms with van der Waals surface area (Å²) in [7, 11) is 4.07. The highest BCUT2D eigenvalue weighted by Gasteiger charge is 2.22. The van der Waals surface area contributed by atoms with Gasteiger partial charge < -0.3 is 9.80 Å². The number of thiazole rings is 1. The Hall–Kier alpha value is -2.15. The van der Waals surface area contributed by atoms with Crippen LogP contribution in [0.3, 0.4) is 0 Å². The summed E-state index contributed by atoms with van der Waals surface area (Å²) >= 11 is 7.83. The molecule has 0 atom stereocenters. The normalized spacial score (nSPS) is 11.3. The molecule has 1 aromatic heterocycles. The molecule has 0 radical (unpaired) electrons. The van der Waals surface area contributed by atoms with Gasteiger partial charge in [0.25, 0.3) is 5.91 Å². The van der Waals surface area contributed by atoms with E-state index in [4.69, 9.17) is 16.6 Å². The van der Waals surface area contributed by atoms with Crippen LogP contribution >= 0.6 is 22.9 Å². The molecule has 0 saturated carbocycles. The van der Waals surface area contributed by atoms with Crippen molar-refractivity contribution in [3.05, 3.63) is 53.1 Å². The second kappa shape index (κ2) is 10.2. The second-order valence-electron chi connectivity index (χ2n) is 7.42. The van der Waals surface area contributed by atoms with Gasteiger partial charge in [0.15, 0.2) is 5.13 Å². The van der Waals surface area contributed by atoms with Crippen LogP contribution in [0.5, 0.6) is 0 Å². The van der Waals surface area contributed by atoms with Crippen LogP contribution in [-0.4, -0.2) is 56.1 Å². The molecule has 1 heterocycles. The quantitative estimate of drug-likeness (QED) is 0.443. The van der Waals surface area contributed by atoms with Crippen molar-refractivity contribution < 1.29 is 4.79 Å². The van der Waals surface area contributed by atoms with Crippen molar-refractivity contribution in [1.29, 1.82) is 0 Å². The van der Waals surface area contributed by atoms with Crippen molar-refractivity contribution in [2.75, 3.05) is 50.1 Å². The Morgan fingerprint density at radius 1 is 1.03 bits per heavy atom. The molecule has 0 N–H and O–H groups in total. The van der Waals surface area contributed by atoms with Gasteiger partial charge in [-0.3, -0.25) is 9.69 Å². The van der Waals surface area contributed by atoms with E-state index in [1.165, 1.54) is 11.3 Å². The van der Waals surface area contributed by atoms with Crippen molar-refractivity contribution in [2.24, 2.45) is 0 Å². The fourth-order valence-corrected chi connectivity index (χ4v) is 4.70. The van der Waals surface area contributed by atoms with Gasteiger partial charge in [0, 0.05) is 30.9 Å². The van der Waals surface area contributed by atoms with Gasteiger partial charge in [0.1, 0.15) is 5.52 Å². The first-order chi connectivity index (χ1) is 14.4. The van der Waals surface area contributed by atoms with Crippen molar-refractivity contribution in [3.63, 3.8) is 0 Å². The van der Waals surface area contributed by atoms with E-state index in [9.17, 15) is 4.79 Å². The summed E-state index contributed by atoms with van der Waals surface area (Å²) in [6.07, 6.45) is 0.861. The molecule has 0 spiro atoms. The Kier molecular flexibility index (Phi) is 7.69. The van der Waals surface area contributed by atoms with Crippen molar-refractivity contribution in [1.82, 2.24) is 9.88 Å². The molecule has 0 aliphatic carbocycles. The lowest BCUT2D eigenvalue weighted by atomic mass is 10.1. The van der Waals surface area contributed by atoms with Crippen LogP contribution < -0.4 is 9.80 Å². The van der Waals surface area contributed by atoms with Gasteiger partial charge in [-0.15, -0.1) is 0 Å². The number of fused-ring (bicyclic) bond motifs is 1. The van der Waals surface area contributed by atoms with Crippen LogP contribution in [-0.2, 0) is 0 Å². The summed E-state index contributed by atoms with van der Waals surface area (Å²) in [5.74, 6) is -0.0324. The van der Waals surface area contributed by atoms with Crippen LogP contribution in [0, 0.1) is 0 Å². The average Bonchev–Trinajstić information content (AvgIpc) is 3.17. The Labute approximate surface area is 187 Å². The summed E-state index contributed by atoms with van der Waals surface area (Å²) < 4.78 is 0.986. The third-order valence-corrected chi connectivity index (χ3v) is 6.41. The smallest absolute Gasteiger partial charge is 0.260 e. The van der Waals surface area contributed by atoms with Crippen molar-refractivity contribution in [3.8, 4) is 0 Å². The van der Waals surface area contributed by atoms with Crippen LogP contribution in [0.4, 0.5) is 10.8 Å². The average molecular weight is 445 g/mol. The molecule has 160 valence electrons. The molecule has 3 aromatic rings.